The highest BCUT2D eigenvalue weighted by molar-refractivity contribution is 5.95. The minimum Gasteiger partial charge on any atom is -0.478 e. The number of benzene rings is 2. The van der Waals surface area contributed by atoms with E-state index < -0.39 is 17.7 Å². The highest BCUT2D eigenvalue weighted by atomic mass is 19.4. The Bertz CT molecular complexity index is 1100. The fourth-order valence-electron chi connectivity index (χ4n) is 3.21. The molecule has 0 saturated heterocycles. The summed E-state index contributed by atoms with van der Waals surface area (Å²) in [6.07, 6.45) is -1.48. The van der Waals surface area contributed by atoms with E-state index in [4.69, 9.17) is 0 Å². The van der Waals surface area contributed by atoms with Gasteiger partial charge >= 0.3 is 12.1 Å². The van der Waals surface area contributed by atoms with E-state index in [1.54, 1.807) is 42.3 Å². The minimum atomic E-state index is -4.59. The van der Waals surface area contributed by atoms with Crippen LogP contribution in [0, 0.1) is 0 Å². The maximum Gasteiger partial charge on any atom is 0.416 e. The van der Waals surface area contributed by atoms with Gasteiger partial charge in [0.2, 0.25) is 0 Å². The molecule has 0 aliphatic carbocycles. The van der Waals surface area contributed by atoms with Crippen molar-refractivity contribution in [3.8, 4) is 11.1 Å². The molecule has 0 fully saturated rings. The third-order valence-corrected chi connectivity index (χ3v) is 4.69. The average Bonchev–Trinajstić information content (AvgIpc) is 2.73. The van der Waals surface area contributed by atoms with Gasteiger partial charge in [0.05, 0.1) is 11.1 Å². The molecule has 30 heavy (non-hydrogen) atoms. The van der Waals surface area contributed by atoms with Gasteiger partial charge in [-0.3, -0.25) is 9.78 Å². The van der Waals surface area contributed by atoms with Crippen molar-refractivity contribution in [2.75, 3.05) is 11.9 Å². The van der Waals surface area contributed by atoms with E-state index in [9.17, 15) is 27.9 Å². The van der Waals surface area contributed by atoms with Crippen LogP contribution in [0.2, 0.25) is 0 Å². The summed E-state index contributed by atoms with van der Waals surface area (Å²) in [5.41, 5.74) is 0.587. The number of aromatic nitrogens is 1. The molecule has 0 bridgehead atoms. The quantitative estimate of drug-likeness (QED) is 0.580. The number of carbonyl (C=O) groups is 2. The Morgan fingerprint density at radius 2 is 1.90 bits per heavy atom. The molecule has 8 heteroatoms. The number of hydrogen-bond donors (Lipinski definition) is 1. The maximum atomic E-state index is 13.4. The van der Waals surface area contributed by atoms with Crippen LogP contribution in [0.3, 0.4) is 0 Å². The molecule has 2 aromatic carbocycles. The molecule has 3 rings (SSSR count). The predicted molar refractivity (Wildman–Crippen MR) is 106 cm³/mol. The van der Waals surface area contributed by atoms with E-state index in [0.717, 1.165) is 6.07 Å². The van der Waals surface area contributed by atoms with Gasteiger partial charge in [0.15, 0.2) is 0 Å². The SMILES string of the molecule is CN(Cc1c(C=O)cccc1C(F)(F)F)c1cccc(-c2ccncc2C(=O)O)c1. The van der Waals surface area contributed by atoms with Crippen LogP contribution in [0.1, 0.15) is 31.8 Å². The van der Waals surface area contributed by atoms with Gasteiger partial charge in [-0.25, -0.2) is 4.79 Å². The zero-order valence-electron chi connectivity index (χ0n) is 15.8. The molecular weight excluding hydrogens is 397 g/mol. The molecule has 0 atom stereocenters. The summed E-state index contributed by atoms with van der Waals surface area (Å²) in [7, 11) is 1.60. The van der Waals surface area contributed by atoms with Crippen LogP contribution in [0.4, 0.5) is 18.9 Å². The van der Waals surface area contributed by atoms with Crippen molar-refractivity contribution in [3.05, 3.63) is 83.2 Å². The van der Waals surface area contributed by atoms with Crippen LogP contribution in [0.25, 0.3) is 11.1 Å². The van der Waals surface area contributed by atoms with Crippen LogP contribution in [-0.2, 0) is 12.7 Å². The lowest BCUT2D eigenvalue weighted by Gasteiger charge is -2.23. The zero-order valence-corrected chi connectivity index (χ0v) is 15.8. The summed E-state index contributed by atoms with van der Waals surface area (Å²) < 4.78 is 40.3. The highest BCUT2D eigenvalue weighted by Gasteiger charge is 2.34. The second kappa shape index (κ2) is 8.36. The molecule has 0 spiro atoms. The molecule has 5 nitrogen and oxygen atoms in total. The number of pyridine rings is 1. The molecule has 3 aromatic rings. The molecule has 0 aliphatic rings. The normalized spacial score (nSPS) is 11.2. The molecule has 0 radical (unpaired) electrons. The van der Waals surface area contributed by atoms with E-state index in [0.29, 0.717) is 23.1 Å². The van der Waals surface area contributed by atoms with E-state index in [2.05, 4.69) is 4.98 Å². The smallest absolute Gasteiger partial charge is 0.416 e. The number of aromatic carboxylic acids is 1. The monoisotopic (exact) mass is 414 g/mol. The van der Waals surface area contributed by atoms with Crippen molar-refractivity contribution in [1.82, 2.24) is 4.98 Å². The summed E-state index contributed by atoms with van der Waals surface area (Å²) in [5.74, 6) is -1.13. The van der Waals surface area contributed by atoms with E-state index in [1.165, 1.54) is 24.5 Å². The maximum absolute atomic E-state index is 13.4. The second-order valence-corrected chi connectivity index (χ2v) is 6.62. The summed E-state index contributed by atoms with van der Waals surface area (Å²) >= 11 is 0. The molecule has 0 unspecified atom stereocenters. The summed E-state index contributed by atoms with van der Waals surface area (Å²) in [5, 5.41) is 9.37. The van der Waals surface area contributed by atoms with Crippen LogP contribution >= 0.6 is 0 Å². The van der Waals surface area contributed by atoms with Crippen molar-refractivity contribution in [2.24, 2.45) is 0 Å². The average molecular weight is 414 g/mol. The molecule has 154 valence electrons. The van der Waals surface area contributed by atoms with Crippen molar-refractivity contribution in [1.29, 1.82) is 0 Å². The van der Waals surface area contributed by atoms with Crippen LogP contribution in [0.15, 0.2) is 60.9 Å². The van der Waals surface area contributed by atoms with Crippen LogP contribution in [0.5, 0.6) is 0 Å². The summed E-state index contributed by atoms with van der Waals surface area (Å²) in [4.78, 5) is 28.2. The summed E-state index contributed by atoms with van der Waals surface area (Å²) in [6, 6.07) is 11.8. The lowest BCUT2D eigenvalue weighted by atomic mass is 9.99. The number of aldehydes is 1. The van der Waals surface area contributed by atoms with Crippen molar-refractivity contribution in [3.63, 3.8) is 0 Å². The van der Waals surface area contributed by atoms with Gasteiger partial charge in [0, 0.05) is 37.2 Å². The Labute approximate surface area is 170 Å². The number of rotatable bonds is 6. The van der Waals surface area contributed by atoms with Crippen molar-refractivity contribution < 1.29 is 27.9 Å². The number of hydrogen-bond acceptors (Lipinski definition) is 4. The Balaban J connectivity index is 2.00. The second-order valence-electron chi connectivity index (χ2n) is 6.62. The Morgan fingerprint density at radius 1 is 1.17 bits per heavy atom. The van der Waals surface area contributed by atoms with Gasteiger partial charge in [-0.15, -0.1) is 0 Å². The molecule has 0 amide bonds. The van der Waals surface area contributed by atoms with E-state index in [-0.39, 0.29) is 23.2 Å². The summed E-state index contributed by atoms with van der Waals surface area (Å²) in [6.45, 7) is -0.157. The van der Waals surface area contributed by atoms with Crippen LogP contribution in [-0.4, -0.2) is 29.4 Å². The molecular formula is C22H17F3N2O3. The first-order valence-corrected chi connectivity index (χ1v) is 8.85. The number of alkyl halides is 3. The standard InChI is InChI=1S/C22H17F3N2O3/c1-27(12-19-15(13-28)5-3-7-20(19)22(23,24)25)16-6-2-4-14(10-16)17-8-9-26-11-18(17)21(29)30/h2-11,13H,12H2,1H3,(H,29,30). The van der Waals surface area contributed by atoms with Gasteiger partial charge in [0.1, 0.15) is 6.29 Å². The first kappa shape index (κ1) is 21.0. The Morgan fingerprint density at radius 3 is 2.57 bits per heavy atom. The zero-order chi connectivity index (χ0) is 21.9. The molecule has 1 aromatic heterocycles. The first-order valence-electron chi connectivity index (χ1n) is 8.85. The fraction of sp³-hybridized carbons (Fsp3) is 0.136. The highest BCUT2D eigenvalue weighted by Crippen LogP contribution is 2.34. The van der Waals surface area contributed by atoms with Gasteiger partial charge < -0.3 is 10.0 Å². The molecule has 0 saturated carbocycles. The number of carboxylic acids is 1. The first-order chi connectivity index (χ1) is 14.2. The number of anilines is 1. The number of nitrogens with zero attached hydrogens (tertiary/aromatic N) is 2. The van der Waals surface area contributed by atoms with Gasteiger partial charge in [0.25, 0.3) is 0 Å². The van der Waals surface area contributed by atoms with Crippen molar-refractivity contribution in [2.45, 2.75) is 12.7 Å². The van der Waals surface area contributed by atoms with E-state index in [1.807, 2.05) is 0 Å². The molecule has 0 aliphatic heterocycles. The van der Waals surface area contributed by atoms with Crippen LogP contribution < -0.4 is 4.90 Å². The van der Waals surface area contributed by atoms with E-state index >= 15 is 0 Å². The van der Waals surface area contributed by atoms with Crippen molar-refractivity contribution >= 4 is 17.9 Å². The topological polar surface area (TPSA) is 70.5 Å². The molecule has 1 heterocycles. The third-order valence-electron chi connectivity index (χ3n) is 4.69. The number of halogens is 3. The van der Waals surface area contributed by atoms with Gasteiger partial charge in [-0.2, -0.15) is 13.2 Å². The number of carbonyl (C=O) groups excluding carboxylic acids is 1. The predicted octanol–water partition coefficient (Wildman–Crippen LogP) is 4.91. The van der Waals surface area contributed by atoms with Gasteiger partial charge in [-0.1, -0.05) is 24.3 Å². The number of carboxylic acid groups (broad SMARTS) is 1. The molecule has 1 N–H and O–H groups in total. The Hall–Kier alpha value is -3.68. The largest absolute Gasteiger partial charge is 0.478 e. The lowest BCUT2D eigenvalue weighted by Crippen LogP contribution is -2.21. The fourth-order valence-corrected chi connectivity index (χ4v) is 3.21. The minimum absolute atomic E-state index is 0.0166. The van der Waals surface area contributed by atoms with Gasteiger partial charge in [-0.05, 0) is 41.0 Å². The Kier molecular flexibility index (Phi) is 5.86. The third kappa shape index (κ3) is 4.32. The lowest BCUT2D eigenvalue weighted by molar-refractivity contribution is -0.138.